The topological polar surface area (TPSA) is 49.9 Å². The maximum Gasteiger partial charge on any atom is 0.327 e. The quantitative estimate of drug-likeness (QED) is 0.735. The van der Waals surface area contributed by atoms with Gasteiger partial charge in [-0.2, -0.15) is 0 Å². The number of hydrogen-bond acceptors (Lipinski definition) is 3. The van der Waals surface area contributed by atoms with Gasteiger partial charge in [-0.1, -0.05) is 18.2 Å². The van der Waals surface area contributed by atoms with E-state index in [0.717, 1.165) is 5.56 Å². The zero-order chi connectivity index (χ0) is 18.7. The highest BCUT2D eigenvalue weighted by atomic mass is 79.9. The van der Waals surface area contributed by atoms with Crippen LogP contribution in [-0.4, -0.2) is 35.4 Å². The van der Waals surface area contributed by atoms with E-state index < -0.39 is 0 Å². The normalized spacial score (nSPS) is 14.7. The molecule has 136 valence electrons. The van der Waals surface area contributed by atoms with E-state index in [1.807, 2.05) is 12.1 Å². The minimum absolute atomic E-state index is 0.201. The number of carbonyl (C=O) groups is 2. The molecule has 0 atom stereocenters. The molecular formula is C19H18BrFN2O3. The number of amides is 3. The van der Waals surface area contributed by atoms with Gasteiger partial charge in [0.25, 0.3) is 0 Å². The first-order chi connectivity index (χ1) is 12.5. The lowest BCUT2D eigenvalue weighted by Crippen LogP contribution is -2.51. The van der Waals surface area contributed by atoms with Crippen molar-refractivity contribution in [1.82, 2.24) is 9.80 Å². The molecule has 1 aliphatic heterocycles. The van der Waals surface area contributed by atoms with Crippen molar-refractivity contribution in [2.24, 2.45) is 0 Å². The maximum atomic E-state index is 13.7. The fraction of sp³-hybridized carbons (Fsp3) is 0.263. The molecule has 0 N–H and O–H groups in total. The van der Waals surface area contributed by atoms with Gasteiger partial charge in [0.2, 0.25) is 5.91 Å². The highest BCUT2D eigenvalue weighted by Gasteiger charge is 2.32. The van der Waals surface area contributed by atoms with Crippen molar-refractivity contribution in [2.45, 2.75) is 19.5 Å². The van der Waals surface area contributed by atoms with E-state index in [9.17, 15) is 14.0 Å². The Bertz CT molecular complexity index is 826. The lowest BCUT2D eigenvalue weighted by molar-refractivity contribution is -0.131. The molecule has 5 nitrogen and oxygen atoms in total. The van der Waals surface area contributed by atoms with Crippen molar-refractivity contribution in [3.8, 4) is 5.75 Å². The molecule has 0 aliphatic carbocycles. The second-order valence-electron chi connectivity index (χ2n) is 6.03. The maximum absolute atomic E-state index is 13.7. The second kappa shape index (κ2) is 7.86. The van der Waals surface area contributed by atoms with Crippen molar-refractivity contribution in [1.29, 1.82) is 0 Å². The average Bonchev–Trinajstić information content (AvgIpc) is 2.64. The van der Waals surface area contributed by atoms with E-state index in [-0.39, 0.29) is 37.3 Å². The van der Waals surface area contributed by atoms with E-state index in [1.54, 1.807) is 36.3 Å². The Morgan fingerprint density at radius 2 is 1.77 bits per heavy atom. The molecule has 26 heavy (non-hydrogen) atoms. The van der Waals surface area contributed by atoms with Gasteiger partial charge < -0.3 is 9.64 Å². The minimum Gasteiger partial charge on any atom is -0.497 e. The number of imide groups is 1. The number of benzene rings is 2. The van der Waals surface area contributed by atoms with Crippen LogP contribution in [0.1, 0.15) is 17.5 Å². The van der Waals surface area contributed by atoms with Crippen molar-refractivity contribution in [3.05, 3.63) is 63.9 Å². The molecule has 3 rings (SSSR count). The van der Waals surface area contributed by atoms with Crippen LogP contribution in [0.15, 0.2) is 46.9 Å². The van der Waals surface area contributed by atoms with Crippen LogP contribution >= 0.6 is 15.9 Å². The molecule has 7 heteroatoms. The highest BCUT2D eigenvalue weighted by Crippen LogP contribution is 2.21. The molecule has 0 radical (unpaired) electrons. The van der Waals surface area contributed by atoms with Crippen LogP contribution in [-0.2, 0) is 17.9 Å². The molecule has 1 saturated heterocycles. The molecule has 0 bridgehead atoms. The van der Waals surface area contributed by atoms with Crippen LogP contribution in [0.5, 0.6) is 5.75 Å². The van der Waals surface area contributed by atoms with Gasteiger partial charge in [-0.25, -0.2) is 9.18 Å². The summed E-state index contributed by atoms with van der Waals surface area (Å²) in [6.45, 7) is 0.788. The summed E-state index contributed by atoms with van der Waals surface area (Å²) in [5.41, 5.74) is 1.52. The highest BCUT2D eigenvalue weighted by molar-refractivity contribution is 9.10. The van der Waals surface area contributed by atoms with Gasteiger partial charge in [-0.3, -0.25) is 9.69 Å². The lowest BCUT2D eigenvalue weighted by atomic mass is 10.1. The van der Waals surface area contributed by atoms with E-state index in [0.29, 0.717) is 22.3 Å². The van der Waals surface area contributed by atoms with Gasteiger partial charge in [-0.15, -0.1) is 0 Å². The van der Waals surface area contributed by atoms with Crippen molar-refractivity contribution < 1.29 is 18.7 Å². The van der Waals surface area contributed by atoms with Crippen LogP contribution in [0.3, 0.4) is 0 Å². The summed E-state index contributed by atoms with van der Waals surface area (Å²) in [6, 6.07) is 11.6. The molecule has 1 heterocycles. The van der Waals surface area contributed by atoms with Gasteiger partial charge in [-0.05, 0) is 51.3 Å². The molecule has 0 unspecified atom stereocenters. The summed E-state index contributed by atoms with van der Waals surface area (Å²) in [7, 11) is 1.58. The van der Waals surface area contributed by atoms with Crippen LogP contribution < -0.4 is 4.74 Å². The Morgan fingerprint density at radius 1 is 1.08 bits per heavy atom. The SMILES string of the molecule is COc1ccc(CN2C(=O)CCN(Cc3ccc(Br)c(F)c3)C2=O)cc1. The van der Waals surface area contributed by atoms with Crippen LogP contribution in [0.4, 0.5) is 9.18 Å². The molecule has 1 aliphatic rings. The summed E-state index contributed by atoms with van der Waals surface area (Å²) in [4.78, 5) is 27.7. The van der Waals surface area contributed by atoms with Gasteiger partial charge in [0.15, 0.2) is 0 Å². The van der Waals surface area contributed by atoms with Gasteiger partial charge in [0, 0.05) is 19.5 Å². The fourth-order valence-electron chi connectivity index (χ4n) is 2.81. The van der Waals surface area contributed by atoms with E-state index in [4.69, 9.17) is 4.74 Å². The standard InChI is InChI=1S/C19H18BrFN2O3/c1-26-15-5-2-13(3-6-15)12-23-18(24)8-9-22(19(23)25)11-14-4-7-16(20)17(21)10-14/h2-7,10H,8-9,11-12H2,1H3. The minimum atomic E-state index is -0.377. The number of halogens is 2. The van der Waals surface area contributed by atoms with Crippen molar-refractivity contribution in [2.75, 3.05) is 13.7 Å². The molecule has 2 aromatic carbocycles. The number of urea groups is 1. The third kappa shape index (κ3) is 4.04. The smallest absolute Gasteiger partial charge is 0.327 e. The van der Waals surface area contributed by atoms with Crippen molar-refractivity contribution >= 4 is 27.9 Å². The van der Waals surface area contributed by atoms with Gasteiger partial charge in [0.1, 0.15) is 11.6 Å². The first-order valence-electron chi connectivity index (χ1n) is 8.14. The zero-order valence-electron chi connectivity index (χ0n) is 14.2. The average molecular weight is 421 g/mol. The number of carbonyl (C=O) groups excluding carboxylic acids is 2. The van der Waals surface area contributed by atoms with Crippen molar-refractivity contribution in [3.63, 3.8) is 0 Å². The van der Waals surface area contributed by atoms with Gasteiger partial charge in [0.05, 0.1) is 18.1 Å². The van der Waals surface area contributed by atoms with Crippen LogP contribution in [0.2, 0.25) is 0 Å². The van der Waals surface area contributed by atoms with E-state index in [1.165, 1.54) is 11.0 Å². The summed E-state index contributed by atoms with van der Waals surface area (Å²) in [5, 5.41) is 0. The number of nitrogens with zero attached hydrogens (tertiary/aromatic N) is 2. The van der Waals surface area contributed by atoms with Crippen LogP contribution in [0.25, 0.3) is 0 Å². The monoisotopic (exact) mass is 420 g/mol. The molecule has 0 aromatic heterocycles. The van der Waals surface area contributed by atoms with E-state index in [2.05, 4.69) is 15.9 Å². The molecule has 2 aromatic rings. The summed E-state index contributed by atoms with van der Waals surface area (Å²) in [5.74, 6) is 0.131. The molecule has 3 amide bonds. The Hall–Kier alpha value is -2.41. The third-order valence-corrected chi connectivity index (χ3v) is 4.90. The number of methoxy groups -OCH3 is 1. The zero-order valence-corrected chi connectivity index (χ0v) is 15.8. The molecule has 1 fully saturated rings. The first-order valence-corrected chi connectivity index (χ1v) is 8.93. The Balaban J connectivity index is 1.72. The van der Waals surface area contributed by atoms with Gasteiger partial charge >= 0.3 is 6.03 Å². The molecule has 0 spiro atoms. The summed E-state index contributed by atoms with van der Waals surface area (Å²) < 4.78 is 19.2. The Morgan fingerprint density at radius 3 is 2.42 bits per heavy atom. The van der Waals surface area contributed by atoms with E-state index >= 15 is 0 Å². The number of ether oxygens (including phenoxy) is 1. The fourth-order valence-corrected chi connectivity index (χ4v) is 3.06. The Labute approximate surface area is 159 Å². The number of hydrogen-bond donors (Lipinski definition) is 0. The largest absolute Gasteiger partial charge is 0.497 e. The predicted molar refractivity (Wildman–Crippen MR) is 98.1 cm³/mol. The summed E-state index contributed by atoms with van der Waals surface area (Å²) >= 11 is 3.11. The molecule has 0 saturated carbocycles. The van der Waals surface area contributed by atoms with Crippen LogP contribution in [0, 0.1) is 5.82 Å². The molecular weight excluding hydrogens is 403 g/mol. The third-order valence-electron chi connectivity index (χ3n) is 4.26. The summed E-state index contributed by atoms with van der Waals surface area (Å²) in [6.07, 6.45) is 0.251. The second-order valence-corrected chi connectivity index (χ2v) is 6.88. The number of rotatable bonds is 5. The lowest BCUT2D eigenvalue weighted by Gasteiger charge is -2.34. The first kappa shape index (κ1) is 18.4. The Kier molecular flexibility index (Phi) is 5.56. The predicted octanol–water partition coefficient (Wildman–Crippen LogP) is 3.95.